The van der Waals surface area contributed by atoms with E-state index in [-0.39, 0.29) is 5.91 Å². The Morgan fingerprint density at radius 3 is 3.00 bits per heavy atom. The SMILES string of the molecule is C[C@H](N)C(=O)N1CCc2c(nnn2C)C1. The number of aromatic nitrogens is 3. The first-order valence-electron chi connectivity index (χ1n) is 5.01. The summed E-state index contributed by atoms with van der Waals surface area (Å²) in [4.78, 5) is 13.4. The lowest BCUT2D eigenvalue weighted by atomic mass is 10.1. The van der Waals surface area contributed by atoms with Gasteiger partial charge >= 0.3 is 0 Å². The fourth-order valence-electron chi connectivity index (χ4n) is 1.83. The van der Waals surface area contributed by atoms with Gasteiger partial charge in [0.15, 0.2) is 0 Å². The predicted octanol–water partition coefficient (Wildman–Crippen LogP) is -0.953. The molecule has 0 saturated heterocycles. The molecular weight excluding hydrogens is 194 g/mol. The summed E-state index contributed by atoms with van der Waals surface area (Å²) in [6.45, 7) is 2.94. The van der Waals surface area contributed by atoms with E-state index in [1.807, 2.05) is 7.05 Å². The van der Waals surface area contributed by atoms with Crippen molar-refractivity contribution < 1.29 is 4.79 Å². The zero-order valence-corrected chi connectivity index (χ0v) is 8.97. The second-order valence-electron chi connectivity index (χ2n) is 3.90. The first-order chi connectivity index (χ1) is 7.09. The predicted molar refractivity (Wildman–Crippen MR) is 53.8 cm³/mol. The molecule has 0 unspecified atom stereocenters. The Balaban J connectivity index is 2.16. The van der Waals surface area contributed by atoms with Gasteiger partial charge in [-0.05, 0) is 6.92 Å². The molecule has 0 fully saturated rings. The number of hydrogen-bond donors (Lipinski definition) is 1. The van der Waals surface area contributed by atoms with Gasteiger partial charge in [-0.15, -0.1) is 5.10 Å². The van der Waals surface area contributed by atoms with Crippen LogP contribution in [0, 0.1) is 0 Å². The molecule has 1 aliphatic rings. The van der Waals surface area contributed by atoms with Crippen molar-refractivity contribution in [3.8, 4) is 0 Å². The minimum absolute atomic E-state index is 0.0219. The van der Waals surface area contributed by atoms with Crippen molar-refractivity contribution in [3.05, 3.63) is 11.4 Å². The average molecular weight is 209 g/mol. The molecule has 1 aromatic rings. The fourth-order valence-corrected chi connectivity index (χ4v) is 1.83. The maximum atomic E-state index is 11.7. The molecule has 1 atom stereocenters. The topological polar surface area (TPSA) is 77.0 Å². The molecule has 15 heavy (non-hydrogen) atoms. The molecule has 1 aliphatic heterocycles. The second kappa shape index (κ2) is 3.62. The third-order valence-electron chi connectivity index (χ3n) is 2.68. The van der Waals surface area contributed by atoms with Crippen LogP contribution >= 0.6 is 0 Å². The normalized spacial score (nSPS) is 17.4. The van der Waals surface area contributed by atoms with Crippen LogP contribution in [0.3, 0.4) is 0 Å². The lowest BCUT2D eigenvalue weighted by Gasteiger charge is -2.27. The molecule has 1 aromatic heterocycles. The number of carbonyl (C=O) groups is 1. The van der Waals surface area contributed by atoms with E-state index in [0.29, 0.717) is 13.1 Å². The van der Waals surface area contributed by atoms with Gasteiger partial charge in [0.05, 0.1) is 18.3 Å². The summed E-state index contributed by atoms with van der Waals surface area (Å²) in [7, 11) is 1.87. The molecule has 0 bridgehead atoms. The van der Waals surface area contributed by atoms with Crippen molar-refractivity contribution in [3.63, 3.8) is 0 Å². The number of hydrogen-bond acceptors (Lipinski definition) is 4. The van der Waals surface area contributed by atoms with Gasteiger partial charge in [0, 0.05) is 20.0 Å². The van der Waals surface area contributed by atoms with E-state index in [0.717, 1.165) is 17.8 Å². The smallest absolute Gasteiger partial charge is 0.239 e. The molecule has 2 heterocycles. The Hall–Kier alpha value is -1.43. The summed E-state index contributed by atoms with van der Waals surface area (Å²) >= 11 is 0. The Morgan fingerprint density at radius 1 is 1.60 bits per heavy atom. The summed E-state index contributed by atoms with van der Waals surface area (Å²) in [6.07, 6.45) is 0.803. The van der Waals surface area contributed by atoms with Gasteiger partial charge in [-0.1, -0.05) is 5.21 Å². The van der Waals surface area contributed by atoms with Crippen LogP contribution in [-0.2, 0) is 24.8 Å². The summed E-state index contributed by atoms with van der Waals surface area (Å²) in [5.74, 6) is -0.0219. The molecule has 0 saturated carbocycles. The second-order valence-corrected chi connectivity index (χ2v) is 3.90. The zero-order chi connectivity index (χ0) is 11.0. The molecule has 0 aromatic carbocycles. The Kier molecular flexibility index (Phi) is 2.44. The summed E-state index contributed by atoms with van der Waals surface area (Å²) in [5.41, 5.74) is 7.56. The lowest BCUT2D eigenvalue weighted by molar-refractivity contribution is -0.133. The highest BCUT2D eigenvalue weighted by Gasteiger charge is 2.25. The third-order valence-corrected chi connectivity index (χ3v) is 2.68. The standard InChI is InChI=1S/C9H15N5O/c1-6(10)9(15)14-4-3-8-7(5-14)11-12-13(8)2/h6H,3-5,10H2,1-2H3/t6-/m0/s1. The molecule has 2 N–H and O–H groups in total. The minimum Gasteiger partial charge on any atom is -0.335 e. The number of amides is 1. The quantitative estimate of drug-likeness (QED) is 0.646. The van der Waals surface area contributed by atoms with Gasteiger partial charge in [0.1, 0.15) is 5.69 Å². The largest absolute Gasteiger partial charge is 0.335 e. The van der Waals surface area contributed by atoms with Gasteiger partial charge in [0.2, 0.25) is 5.91 Å². The number of nitrogens with zero attached hydrogens (tertiary/aromatic N) is 4. The zero-order valence-electron chi connectivity index (χ0n) is 8.97. The Labute approximate surface area is 88.0 Å². The van der Waals surface area contributed by atoms with Gasteiger partial charge in [-0.3, -0.25) is 9.48 Å². The number of aryl methyl sites for hydroxylation is 1. The Bertz CT molecular complexity index is 384. The van der Waals surface area contributed by atoms with Crippen LogP contribution in [-0.4, -0.2) is 38.4 Å². The van der Waals surface area contributed by atoms with Crippen LogP contribution in [0.1, 0.15) is 18.3 Å². The van der Waals surface area contributed by atoms with E-state index in [9.17, 15) is 4.79 Å². The molecule has 1 amide bonds. The van der Waals surface area contributed by atoms with Crippen LogP contribution in [0.2, 0.25) is 0 Å². The molecule has 82 valence electrons. The van der Waals surface area contributed by atoms with Crippen molar-refractivity contribution in [2.45, 2.75) is 25.9 Å². The van der Waals surface area contributed by atoms with Crippen LogP contribution in [0.15, 0.2) is 0 Å². The van der Waals surface area contributed by atoms with Crippen molar-refractivity contribution in [2.75, 3.05) is 6.54 Å². The first kappa shape index (κ1) is 10.1. The van der Waals surface area contributed by atoms with Crippen LogP contribution in [0.25, 0.3) is 0 Å². The number of rotatable bonds is 1. The molecule has 6 nitrogen and oxygen atoms in total. The molecule has 2 rings (SSSR count). The van der Waals surface area contributed by atoms with E-state index in [1.165, 1.54) is 0 Å². The van der Waals surface area contributed by atoms with Crippen molar-refractivity contribution in [1.29, 1.82) is 0 Å². The van der Waals surface area contributed by atoms with E-state index in [4.69, 9.17) is 5.73 Å². The maximum Gasteiger partial charge on any atom is 0.239 e. The van der Waals surface area contributed by atoms with Crippen LogP contribution in [0.4, 0.5) is 0 Å². The van der Waals surface area contributed by atoms with E-state index < -0.39 is 6.04 Å². The van der Waals surface area contributed by atoms with Gasteiger partial charge in [0.25, 0.3) is 0 Å². The molecule has 0 aliphatic carbocycles. The van der Waals surface area contributed by atoms with E-state index >= 15 is 0 Å². The maximum absolute atomic E-state index is 11.7. The average Bonchev–Trinajstić information content (AvgIpc) is 2.59. The van der Waals surface area contributed by atoms with Crippen LogP contribution < -0.4 is 5.73 Å². The van der Waals surface area contributed by atoms with Crippen molar-refractivity contribution >= 4 is 5.91 Å². The van der Waals surface area contributed by atoms with Crippen molar-refractivity contribution in [1.82, 2.24) is 19.9 Å². The molecular formula is C9H15N5O. The molecule has 0 spiro atoms. The fraction of sp³-hybridized carbons (Fsp3) is 0.667. The summed E-state index contributed by atoms with van der Waals surface area (Å²) < 4.78 is 1.77. The van der Waals surface area contributed by atoms with Gasteiger partial charge in [-0.2, -0.15) is 0 Å². The van der Waals surface area contributed by atoms with Gasteiger partial charge < -0.3 is 10.6 Å². The number of fused-ring (bicyclic) bond motifs is 1. The highest BCUT2D eigenvalue weighted by Crippen LogP contribution is 2.15. The van der Waals surface area contributed by atoms with Crippen molar-refractivity contribution in [2.24, 2.45) is 12.8 Å². The van der Waals surface area contributed by atoms with Crippen LogP contribution in [0.5, 0.6) is 0 Å². The summed E-state index contributed by atoms with van der Waals surface area (Å²) in [6, 6.07) is -0.441. The highest BCUT2D eigenvalue weighted by molar-refractivity contribution is 5.81. The molecule has 0 radical (unpaired) electrons. The number of carbonyl (C=O) groups excluding carboxylic acids is 1. The molecule has 6 heteroatoms. The third kappa shape index (κ3) is 1.72. The lowest BCUT2D eigenvalue weighted by Crippen LogP contribution is -2.44. The highest BCUT2D eigenvalue weighted by atomic mass is 16.2. The van der Waals surface area contributed by atoms with E-state index in [1.54, 1.807) is 16.5 Å². The monoisotopic (exact) mass is 209 g/mol. The van der Waals surface area contributed by atoms with Gasteiger partial charge in [-0.25, -0.2) is 0 Å². The first-order valence-corrected chi connectivity index (χ1v) is 5.01. The minimum atomic E-state index is -0.441. The number of nitrogens with two attached hydrogens (primary N) is 1. The summed E-state index contributed by atoms with van der Waals surface area (Å²) in [5, 5.41) is 7.96. The van der Waals surface area contributed by atoms with E-state index in [2.05, 4.69) is 10.3 Å². The Morgan fingerprint density at radius 2 is 2.33 bits per heavy atom.